The van der Waals surface area contributed by atoms with Gasteiger partial charge in [-0.15, -0.1) is 0 Å². The van der Waals surface area contributed by atoms with Gasteiger partial charge in [0.05, 0.1) is 5.69 Å². The van der Waals surface area contributed by atoms with Crippen LogP contribution in [0.2, 0.25) is 0 Å². The summed E-state index contributed by atoms with van der Waals surface area (Å²) in [4.78, 5) is 43.5. The zero-order valence-electron chi connectivity index (χ0n) is 16.4. The van der Waals surface area contributed by atoms with Crippen molar-refractivity contribution in [2.24, 2.45) is 7.05 Å². The van der Waals surface area contributed by atoms with Gasteiger partial charge in [0, 0.05) is 20.1 Å². The Morgan fingerprint density at radius 2 is 1.90 bits per heavy atom. The minimum Gasteiger partial charge on any atom is -0.347 e. The maximum atomic E-state index is 12.5. The Morgan fingerprint density at radius 3 is 2.63 bits per heavy atom. The number of hydrogen-bond donors (Lipinski definition) is 1. The molecule has 0 atom stereocenters. The molecule has 1 fully saturated rings. The number of nitrogens with zero attached hydrogens (tertiary/aromatic N) is 6. The van der Waals surface area contributed by atoms with Crippen molar-refractivity contribution in [1.29, 1.82) is 0 Å². The molecule has 3 heterocycles. The number of carbonyl (C=O) groups excluding carboxylic acids is 1. The summed E-state index contributed by atoms with van der Waals surface area (Å²) in [6.45, 7) is 3.27. The molecule has 0 radical (unpaired) electrons. The lowest BCUT2D eigenvalue weighted by molar-refractivity contribution is 0.0906. The van der Waals surface area contributed by atoms with Gasteiger partial charge < -0.3 is 14.7 Å². The molecule has 1 N–H and O–H groups in total. The Kier molecular flexibility index (Phi) is 5.53. The second-order valence-electron chi connectivity index (χ2n) is 6.97. The van der Waals surface area contributed by atoms with Crippen LogP contribution in [0.3, 0.4) is 0 Å². The predicted molar refractivity (Wildman–Crippen MR) is 106 cm³/mol. The largest absolute Gasteiger partial charge is 0.351 e. The van der Waals surface area contributed by atoms with Crippen molar-refractivity contribution >= 4 is 5.91 Å². The van der Waals surface area contributed by atoms with Crippen LogP contribution >= 0.6 is 0 Å². The second-order valence-corrected chi connectivity index (χ2v) is 6.97. The van der Waals surface area contributed by atoms with E-state index < -0.39 is 17.2 Å². The maximum absolute atomic E-state index is 12.5. The average molecular weight is 411 g/mol. The van der Waals surface area contributed by atoms with Crippen molar-refractivity contribution in [3.63, 3.8) is 0 Å². The standard InChI is InChI=1S/C19H21N7O4/c1-24-18(28)14(22-26(19(24)29)13-7-3-2-4-8-13)15-21-17(30-23-15)16(27)20-9-12-25-10-5-6-11-25/h2-4,7-8H,5-6,9-12H2,1H3,(H,20,27). The van der Waals surface area contributed by atoms with Gasteiger partial charge in [0.2, 0.25) is 5.82 Å². The Hall–Kier alpha value is -3.60. The van der Waals surface area contributed by atoms with E-state index >= 15 is 0 Å². The fraction of sp³-hybridized carbons (Fsp3) is 0.368. The maximum Gasteiger partial charge on any atom is 0.351 e. The third-order valence-electron chi connectivity index (χ3n) is 4.92. The van der Waals surface area contributed by atoms with Crippen LogP contribution in [0, 0.1) is 0 Å². The smallest absolute Gasteiger partial charge is 0.347 e. The Labute approximate surface area is 170 Å². The summed E-state index contributed by atoms with van der Waals surface area (Å²) < 4.78 is 6.99. The monoisotopic (exact) mass is 411 g/mol. The van der Waals surface area contributed by atoms with Crippen LogP contribution in [0.4, 0.5) is 0 Å². The lowest BCUT2D eigenvalue weighted by Gasteiger charge is -2.13. The molecule has 0 bridgehead atoms. The summed E-state index contributed by atoms with van der Waals surface area (Å²) >= 11 is 0. The SMILES string of the molecule is Cn1c(=O)c(-c2noc(C(=O)NCCN3CCCC3)n2)nn(-c2ccccc2)c1=O. The number of rotatable bonds is 6. The van der Waals surface area contributed by atoms with Gasteiger partial charge in [-0.2, -0.15) is 14.8 Å². The molecule has 1 amide bonds. The van der Waals surface area contributed by atoms with Crippen molar-refractivity contribution in [1.82, 2.24) is 34.7 Å². The van der Waals surface area contributed by atoms with Crippen molar-refractivity contribution in [2.75, 3.05) is 26.2 Å². The van der Waals surface area contributed by atoms with Gasteiger partial charge in [0.1, 0.15) is 0 Å². The molecule has 30 heavy (non-hydrogen) atoms. The number of amides is 1. The van der Waals surface area contributed by atoms with E-state index in [9.17, 15) is 14.4 Å². The number of para-hydroxylation sites is 1. The normalized spacial score (nSPS) is 14.2. The number of carbonyl (C=O) groups is 1. The van der Waals surface area contributed by atoms with E-state index in [1.807, 2.05) is 0 Å². The van der Waals surface area contributed by atoms with Crippen molar-refractivity contribution in [3.05, 3.63) is 57.1 Å². The Bertz CT molecular complexity index is 1160. The highest BCUT2D eigenvalue weighted by molar-refractivity contribution is 5.89. The molecule has 2 aromatic heterocycles. The molecule has 1 aromatic carbocycles. The van der Waals surface area contributed by atoms with Gasteiger partial charge in [-0.1, -0.05) is 23.4 Å². The second kappa shape index (κ2) is 8.41. The lowest BCUT2D eigenvalue weighted by Crippen LogP contribution is -2.40. The molecule has 11 nitrogen and oxygen atoms in total. The summed E-state index contributed by atoms with van der Waals surface area (Å²) in [7, 11) is 1.33. The van der Waals surface area contributed by atoms with Crippen LogP contribution in [0.5, 0.6) is 0 Å². The minimum atomic E-state index is -0.686. The zero-order chi connectivity index (χ0) is 21.1. The van der Waals surface area contributed by atoms with E-state index in [2.05, 4.69) is 25.5 Å². The van der Waals surface area contributed by atoms with E-state index in [4.69, 9.17) is 4.52 Å². The highest BCUT2D eigenvalue weighted by Gasteiger charge is 2.22. The number of aromatic nitrogens is 5. The molecule has 1 aliphatic rings. The molecule has 1 saturated heterocycles. The number of hydrogen-bond acceptors (Lipinski definition) is 8. The lowest BCUT2D eigenvalue weighted by atomic mass is 10.3. The molecule has 156 valence electrons. The first-order chi connectivity index (χ1) is 14.5. The van der Waals surface area contributed by atoms with E-state index in [0.717, 1.165) is 28.9 Å². The predicted octanol–water partition coefficient (Wildman–Crippen LogP) is -0.193. The fourth-order valence-corrected chi connectivity index (χ4v) is 3.27. The van der Waals surface area contributed by atoms with Crippen molar-refractivity contribution in [2.45, 2.75) is 12.8 Å². The molecule has 0 spiro atoms. The first-order valence-corrected chi connectivity index (χ1v) is 9.65. The third kappa shape index (κ3) is 3.92. The van der Waals surface area contributed by atoms with Gasteiger partial charge in [-0.3, -0.25) is 14.2 Å². The topological polar surface area (TPSA) is 128 Å². The Balaban J connectivity index is 1.57. The van der Waals surface area contributed by atoms with Gasteiger partial charge in [-0.05, 0) is 38.1 Å². The van der Waals surface area contributed by atoms with Crippen LogP contribution in [-0.2, 0) is 7.05 Å². The summed E-state index contributed by atoms with van der Waals surface area (Å²) in [6.07, 6.45) is 2.35. The molecular formula is C19H21N7O4. The van der Waals surface area contributed by atoms with Gasteiger partial charge in [0.25, 0.3) is 5.56 Å². The molecule has 11 heteroatoms. The van der Waals surface area contributed by atoms with Crippen molar-refractivity contribution < 1.29 is 9.32 Å². The minimum absolute atomic E-state index is 0.162. The number of benzene rings is 1. The average Bonchev–Trinajstić information content (AvgIpc) is 3.45. The van der Waals surface area contributed by atoms with Gasteiger partial charge in [-0.25, -0.2) is 4.79 Å². The molecule has 3 aromatic rings. The third-order valence-corrected chi connectivity index (χ3v) is 4.92. The number of nitrogens with one attached hydrogen (secondary N) is 1. The van der Waals surface area contributed by atoms with Crippen LogP contribution in [0.15, 0.2) is 44.4 Å². The molecular weight excluding hydrogens is 390 g/mol. The number of likely N-dealkylation sites (tertiary alicyclic amines) is 1. The fourth-order valence-electron chi connectivity index (χ4n) is 3.27. The summed E-state index contributed by atoms with van der Waals surface area (Å²) in [5, 5.41) is 10.5. The molecule has 1 aliphatic heterocycles. The first kappa shape index (κ1) is 19.7. The molecule has 0 unspecified atom stereocenters. The Morgan fingerprint density at radius 1 is 1.17 bits per heavy atom. The van der Waals surface area contributed by atoms with E-state index in [0.29, 0.717) is 12.2 Å². The summed E-state index contributed by atoms with van der Waals surface area (Å²) in [5.41, 5.74) is -1.02. The summed E-state index contributed by atoms with van der Waals surface area (Å²) in [6, 6.07) is 8.64. The van der Waals surface area contributed by atoms with Gasteiger partial charge >= 0.3 is 17.5 Å². The highest BCUT2D eigenvalue weighted by atomic mass is 16.5. The summed E-state index contributed by atoms with van der Waals surface area (Å²) in [5.74, 6) is -0.959. The molecule has 4 rings (SSSR count). The molecule has 0 saturated carbocycles. The quantitative estimate of drug-likeness (QED) is 0.591. The van der Waals surface area contributed by atoms with Crippen LogP contribution in [0.25, 0.3) is 17.2 Å². The van der Waals surface area contributed by atoms with Crippen molar-refractivity contribution in [3.8, 4) is 17.2 Å². The van der Waals surface area contributed by atoms with E-state index in [1.54, 1.807) is 30.3 Å². The van der Waals surface area contributed by atoms with Crippen LogP contribution in [0.1, 0.15) is 23.5 Å². The molecule has 0 aliphatic carbocycles. The van der Waals surface area contributed by atoms with Crippen LogP contribution in [-0.4, -0.2) is 61.5 Å². The van der Waals surface area contributed by atoms with Gasteiger partial charge in [0.15, 0.2) is 5.69 Å². The van der Waals surface area contributed by atoms with E-state index in [-0.39, 0.29) is 17.4 Å². The van der Waals surface area contributed by atoms with Crippen LogP contribution < -0.4 is 16.6 Å². The van der Waals surface area contributed by atoms with E-state index in [1.165, 1.54) is 19.9 Å². The first-order valence-electron chi connectivity index (χ1n) is 9.65. The zero-order valence-corrected chi connectivity index (χ0v) is 16.4. The highest BCUT2D eigenvalue weighted by Crippen LogP contribution is 2.10.